The highest BCUT2D eigenvalue weighted by atomic mass is 16.1. The van der Waals surface area contributed by atoms with Crippen molar-refractivity contribution in [2.75, 3.05) is 25.4 Å². The highest BCUT2D eigenvalue weighted by molar-refractivity contribution is 5.75. The second-order valence-corrected chi connectivity index (χ2v) is 4.67. The summed E-state index contributed by atoms with van der Waals surface area (Å²) in [4.78, 5) is 13.0. The first kappa shape index (κ1) is 11.9. The maximum absolute atomic E-state index is 10.9. The molecule has 0 saturated carbocycles. The van der Waals surface area contributed by atoms with E-state index in [1.807, 2.05) is 18.2 Å². The van der Waals surface area contributed by atoms with Gasteiger partial charge in [-0.2, -0.15) is 0 Å². The Bertz CT molecular complexity index is 405. The predicted molar refractivity (Wildman–Crippen MR) is 68.5 cm³/mol. The molecule has 17 heavy (non-hydrogen) atoms. The van der Waals surface area contributed by atoms with E-state index in [1.54, 1.807) is 0 Å². The fourth-order valence-electron chi connectivity index (χ4n) is 2.56. The van der Waals surface area contributed by atoms with Crippen molar-refractivity contribution in [3.63, 3.8) is 0 Å². The minimum Gasteiger partial charge on any atom is -0.398 e. The fourth-order valence-corrected chi connectivity index (χ4v) is 2.56. The molecule has 0 unspecified atom stereocenters. The van der Waals surface area contributed by atoms with E-state index in [1.165, 1.54) is 5.56 Å². The molecule has 0 bridgehead atoms. The maximum atomic E-state index is 10.9. The van der Waals surface area contributed by atoms with Gasteiger partial charge in [-0.25, -0.2) is 0 Å². The molecule has 1 aromatic rings. The molecule has 0 spiro atoms. The Kier molecular flexibility index (Phi) is 3.64. The highest BCUT2D eigenvalue weighted by Gasteiger charge is 2.23. The van der Waals surface area contributed by atoms with Gasteiger partial charge in [-0.05, 0) is 36.9 Å². The van der Waals surface area contributed by atoms with Gasteiger partial charge >= 0.3 is 0 Å². The fraction of sp³-hybridized carbons (Fsp3) is 0.462. The van der Waals surface area contributed by atoms with Crippen molar-refractivity contribution in [3.8, 4) is 0 Å². The molecule has 1 aliphatic heterocycles. The molecule has 92 valence electrons. The van der Waals surface area contributed by atoms with Crippen LogP contribution in [-0.2, 0) is 4.79 Å². The van der Waals surface area contributed by atoms with Gasteiger partial charge in [-0.3, -0.25) is 9.69 Å². The summed E-state index contributed by atoms with van der Waals surface area (Å²) < 4.78 is 0. The minimum atomic E-state index is -0.258. The molecule has 0 aromatic heterocycles. The number of hydrogen-bond donors (Lipinski definition) is 2. The Morgan fingerprint density at radius 2 is 2.18 bits per heavy atom. The summed E-state index contributed by atoms with van der Waals surface area (Å²) in [7, 11) is 0. The van der Waals surface area contributed by atoms with E-state index in [0.717, 1.165) is 31.6 Å². The third-order valence-electron chi connectivity index (χ3n) is 3.32. The first-order chi connectivity index (χ1) is 8.16. The number of hydrogen-bond acceptors (Lipinski definition) is 3. The van der Waals surface area contributed by atoms with Crippen LogP contribution in [0.3, 0.4) is 0 Å². The minimum absolute atomic E-state index is 0.258. The van der Waals surface area contributed by atoms with Crippen molar-refractivity contribution in [1.82, 2.24) is 4.90 Å². The number of carbonyl (C=O) groups is 1. The van der Waals surface area contributed by atoms with Gasteiger partial charge in [0.15, 0.2) is 0 Å². The average Bonchev–Trinajstić information content (AvgIpc) is 2.29. The van der Waals surface area contributed by atoms with Crippen molar-refractivity contribution in [2.45, 2.75) is 18.8 Å². The number of amides is 1. The smallest absolute Gasteiger partial charge is 0.231 e. The van der Waals surface area contributed by atoms with Crippen LogP contribution in [-0.4, -0.2) is 30.4 Å². The van der Waals surface area contributed by atoms with E-state index in [4.69, 9.17) is 11.5 Å². The summed E-state index contributed by atoms with van der Waals surface area (Å²) in [6.07, 6.45) is 2.22. The van der Waals surface area contributed by atoms with E-state index >= 15 is 0 Å². The van der Waals surface area contributed by atoms with E-state index in [0.29, 0.717) is 12.5 Å². The largest absolute Gasteiger partial charge is 0.398 e. The molecule has 1 amide bonds. The number of para-hydroxylation sites is 1. The topological polar surface area (TPSA) is 72.4 Å². The highest BCUT2D eigenvalue weighted by Crippen LogP contribution is 2.30. The number of rotatable bonds is 3. The number of likely N-dealkylation sites (tertiary alicyclic amines) is 1. The van der Waals surface area contributed by atoms with Crippen LogP contribution >= 0.6 is 0 Å². The van der Waals surface area contributed by atoms with Crippen LogP contribution in [0.2, 0.25) is 0 Å². The molecule has 0 aliphatic carbocycles. The van der Waals surface area contributed by atoms with Crippen LogP contribution < -0.4 is 11.5 Å². The third-order valence-corrected chi connectivity index (χ3v) is 3.32. The number of piperidine rings is 1. The van der Waals surface area contributed by atoms with Gasteiger partial charge in [-0.1, -0.05) is 18.2 Å². The van der Waals surface area contributed by atoms with Gasteiger partial charge in [0, 0.05) is 12.2 Å². The first-order valence-corrected chi connectivity index (χ1v) is 6.02. The molecule has 0 radical (unpaired) electrons. The number of nitrogen functional groups attached to an aromatic ring is 1. The molecule has 1 aromatic carbocycles. The lowest BCUT2D eigenvalue weighted by atomic mass is 9.89. The van der Waals surface area contributed by atoms with Crippen molar-refractivity contribution in [3.05, 3.63) is 29.8 Å². The van der Waals surface area contributed by atoms with Crippen molar-refractivity contribution in [1.29, 1.82) is 0 Å². The van der Waals surface area contributed by atoms with E-state index < -0.39 is 0 Å². The molecule has 1 heterocycles. The summed E-state index contributed by atoms with van der Waals surface area (Å²) in [5.74, 6) is 0.163. The molecular weight excluding hydrogens is 214 g/mol. The SMILES string of the molecule is NC(=O)CN1CCC[C@@H](c2ccccc2N)C1. The lowest BCUT2D eigenvalue weighted by Crippen LogP contribution is -2.40. The summed E-state index contributed by atoms with van der Waals surface area (Å²) in [5, 5.41) is 0. The molecular formula is C13H19N3O. The Balaban J connectivity index is 2.07. The van der Waals surface area contributed by atoms with Crippen molar-refractivity contribution >= 4 is 11.6 Å². The van der Waals surface area contributed by atoms with Gasteiger partial charge in [0.05, 0.1) is 6.54 Å². The van der Waals surface area contributed by atoms with Gasteiger partial charge in [-0.15, -0.1) is 0 Å². The molecule has 1 aliphatic rings. The van der Waals surface area contributed by atoms with Crippen molar-refractivity contribution in [2.24, 2.45) is 5.73 Å². The Hall–Kier alpha value is -1.55. The zero-order chi connectivity index (χ0) is 12.3. The molecule has 1 saturated heterocycles. The standard InChI is InChI=1S/C13H19N3O/c14-12-6-2-1-5-11(12)10-4-3-7-16(8-10)9-13(15)17/h1-2,5-6,10H,3-4,7-9,14H2,(H2,15,17)/t10-/m1/s1. The number of carbonyl (C=O) groups excluding carboxylic acids is 1. The van der Waals surface area contributed by atoms with Gasteiger partial charge in [0.2, 0.25) is 5.91 Å². The second-order valence-electron chi connectivity index (χ2n) is 4.67. The lowest BCUT2D eigenvalue weighted by Gasteiger charge is -2.32. The maximum Gasteiger partial charge on any atom is 0.231 e. The zero-order valence-electron chi connectivity index (χ0n) is 9.93. The Morgan fingerprint density at radius 3 is 2.88 bits per heavy atom. The molecule has 1 fully saturated rings. The summed E-state index contributed by atoms with van der Waals surface area (Å²) in [6, 6.07) is 7.97. The molecule has 4 N–H and O–H groups in total. The summed E-state index contributed by atoms with van der Waals surface area (Å²) in [6.45, 7) is 2.17. The number of anilines is 1. The van der Waals surface area contributed by atoms with Crippen LogP contribution in [0.25, 0.3) is 0 Å². The van der Waals surface area contributed by atoms with Crippen LogP contribution in [0.15, 0.2) is 24.3 Å². The van der Waals surface area contributed by atoms with E-state index in [2.05, 4.69) is 11.0 Å². The predicted octanol–water partition coefficient (Wildman–Crippen LogP) is 0.933. The number of benzene rings is 1. The van der Waals surface area contributed by atoms with Gasteiger partial charge < -0.3 is 11.5 Å². The number of nitrogens with two attached hydrogens (primary N) is 2. The van der Waals surface area contributed by atoms with Crippen LogP contribution in [0.4, 0.5) is 5.69 Å². The monoisotopic (exact) mass is 233 g/mol. The lowest BCUT2D eigenvalue weighted by molar-refractivity contribution is -0.119. The molecule has 4 heteroatoms. The van der Waals surface area contributed by atoms with Crippen molar-refractivity contribution < 1.29 is 4.79 Å². The van der Waals surface area contributed by atoms with Crippen LogP contribution in [0, 0.1) is 0 Å². The summed E-state index contributed by atoms with van der Waals surface area (Å²) in [5.41, 5.74) is 13.3. The molecule has 1 atom stereocenters. The summed E-state index contributed by atoms with van der Waals surface area (Å²) >= 11 is 0. The quantitative estimate of drug-likeness (QED) is 0.763. The third kappa shape index (κ3) is 2.97. The van der Waals surface area contributed by atoms with Crippen LogP contribution in [0.5, 0.6) is 0 Å². The zero-order valence-corrected chi connectivity index (χ0v) is 9.93. The Labute approximate surface area is 102 Å². The van der Waals surface area contributed by atoms with Gasteiger partial charge in [0.1, 0.15) is 0 Å². The normalized spacial score (nSPS) is 21.3. The number of primary amides is 1. The molecule has 2 rings (SSSR count). The Morgan fingerprint density at radius 1 is 1.41 bits per heavy atom. The van der Waals surface area contributed by atoms with E-state index in [9.17, 15) is 4.79 Å². The second kappa shape index (κ2) is 5.19. The van der Waals surface area contributed by atoms with E-state index in [-0.39, 0.29) is 5.91 Å². The van der Waals surface area contributed by atoms with Gasteiger partial charge in [0.25, 0.3) is 0 Å². The molecule has 4 nitrogen and oxygen atoms in total. The number of nitrogens with zero attached hydrogens (tertiary/aromatic N) is 1. The first-order valence-electron chi connectivity index (χ1n) is 6.02. The van der Waals surface area contributed by atoms with Crippen LogP contribution in [0.1, 0.15) is 24.3 Å². The average molecular weight is 233 g/mol.